The summed E-state index contributed by atoms with van der Waals surface area (Å²) in [5, 5.41) is 0. The van der Waals surface area contributed by atoms with Gasteiger partial charge in [-0.2, -0.15) is 0 Å². The molecule has 0 aromatic rings. The van der Waals surface area contributed by atoms with E-state index < -0.39 is 0 Å². The third-order valence-corrected chi connectivity index (χ3v) is 4.65. The van der Waals surface area contributed by atoms with Crippen LogP contribution in [-0.2, 0) is 9.59 Å². The summed E-state index contributed by atoms with van der Waals surface area (Å²) in [5.41, 5.74) is 0.832. The SMILES string of the molecule is CC/C=C(/C)C(=O)N1CCC(C(=O)N2CCCCC2)CC1. The Kier molecular flexibility index (Phi) is 5.83. The summed E-state index contributed by atoms with van der Waals surface area (Å²) < 4.78 is 0. The average Bonchev–Trinajstić information content (AvgIpc) is 2.54. The molecule has 0 aromatic heterocycles. The fraction of sp³-hybridized carbons (Fsp3) is 0.765. The molecule has 4 heteroatoms. The number of carbonyl (C=O) groups is 2. The molecule has 0 radical (unpaired) electrons. The number of allylic oxidation sites excluding steroid dienone is 1. The zero-order chi connectivity index (χ0) is 15.2. The van der Waals surface area contributed by atoms with E-state index >= 15 is 0 Å². The maximum Gasteiger partial charge on any atom is 0.249 e. The number of hydrogen-bond acceptors (Lipinski definition) is 2. The topological polar surface area (TPSA) is 40.6 Å². The summed E-state index contributed by atoms with van der Waals surface area (Å²) in [5.74, 6) is 0.589. The van der Waals surface area contributed by atoms with E-state index in [4.69, 9.17) is 0 Å². The highest BCUT2D eigenvalue weighted by molar-refractivity contribution is 5.93. The Balaban J connectivity index is 1.84. The van der Waals surface area contributed by atoms with Gasteiger partial charge in [-0.1, -0.05) is 13.0 Å². The second kappa shape index (κ2) is 7.62. The van der Waals surface area contributed by atoms with Crippen LogP contribution in [0, 0.1) is 5.92 Å². The molecule has 4 nitrogen and oxygen atoms in total. The van der Waals surface area contributed by atoms with Gasteiger partial charge in [-0.3, -0.25) is 9.59 Å². The number of rotatable bonds is 3. The van der Waals surface area contributed by atoms with Crippen LogP contribution in [0.4, 0.5) is 0 Å². The second-order valence-corrected chi connectivity index (χ2v) is 6.25. The Bertz CT molecular complexity index is 403. The molecule has 2 aliphatic heterocycles. The van der Waals surface area contributed by atoms with Crippen molar-refractivity contribution in [3.8, 4) is 0 Å². The first-order valence-electron chi connectivity index (χ1n) is 8.38. The summed E-state index contributed by atoms with van der Waals surface area (Å²) in [6, 6.07) is 0. The lowest BCUT2D eigenvalue weighted by Gasteiger charge is -2.35. The van der Waals surface area contributed by atoms with Crippen LogP contribution in [0.5, 0.6) is 0 Å². The Morgan fingerprint density at radius 2 is 1.62 bits per heavy atom. The average molecular weight is 292 g/mol. The van der Waals surface area contributed by atoms with Crippen molar-refractivity contribution < 1.29 is 9.59 Å². The molecule has 118 valence electrons. The van der Waals surface area contributed by atoms with Crippen LogP contribution in [0.25, 0.3) is 0 Å². The van der Waals surface area contributed by atoms with Crippen molar-refractivity contribution in [2.75, 3.05) is 26.2 Å². The Morgan fingerprint density at radius 1 is 1.00 bits per heavy atom. The molecule has 0 aliphatic carbocycles. The van der Waals surface area contributed by atoms with Crippen LogP contribution in [0.15, 0.2) is 11.6 Å². The molecular weight excluding hydrogens is 264 g/mol. The first-order valence-corrected chi connectivity index (χ1v) is 8.38. The minimum Gasteiger partial charge on any atom is -0.342 e. The molecule has 0 spiro atoms. The highest BCUT2D eigenvalue weighted by Crippen LogP contribution is 2.22. The molecule has 0 atom stereocenters. The van der Waals surface area contributed by atoms with Gasteiger partial charge in [-0.15, -0.1) is 0 Å². The lowest BCUT2D eigenvalue weighted by atomic mass is 9.94. The fourth-order valence-electron chi connectivity index (χ4n) is 3.34. The molecule has 2 fully saturated rings. The predicted molar refractivity (Wildman–Crippen MR) is 83.8 cm³/mol. The summed E-state index contributed by atoms with van der Waals surface area (Å²) >= 11 is 0. The van der Waals surface area contributed by atoms with E-state index in [1.165, 1.54) is 6.42 Å². The maximum absolute atomic E-state index is 12.5. The Labute approximate surface area is 128 Å². The van der Waals surface area contributed by atoms with E-state index in [1.807, 2.05) is 29.7 Å². The molecule has 2 saturated heterocycles. The van der Waals surface area contributed by atoms with Crippen LogP contribution in [0.3, 0.4) is 0 Å². The quantitative estimate of drug-likeness (QED) is 0.750. The highest BCUT2D eigenvalue weighted by Gasteiger charge is 2.30. The molecular formula is C17H28N2O2. The third-order valence-electron chi connectivity index (χ3n) is 4.65. The van der Waals surface area contributed by atoms with E-state index in [2.05, 4.69) is 0 Å². The summed E-state index contributed by atoms with van der Waals surface area (Å²) in [7, 11) is 0. The molecule has 2 amide bonds. The largest absolute Gasteiger partial charge is 0.342 e. The number of piperidine rings is 2. The molecule has 0 aromatic carbocycles. The van der Waals surface area contributed by atoms with Gasteiger partial charge in [0.05, 0.1) is 0 Å². The van der Waals surface area contributed by atoms with Gasteiger partial charge in [0, 0.05) is 37.7 Å². The van der Waals surface area contributed by atoms with Gasteiger partial charge in [0.1, 0.15) is 0 Å². The Hall–Kier alpha value is -1.32. The predicted octanol–water partition coefficient (Wildman–Crippen LogP) is 2.59. The maximum atomic E-state index is 12.5. The van der Waals surface area contributed by atoms with Gasteiger partial charge < -0.3 is 9.80 Å². The van der Waals surface area contributed by atoms with E-state index in [0.29, 0.717) is 5.91 Å². The first-order chi connectivity index (χ1) is 10.1. The number of nitrogens with zero attached hydrogens (tertiary/aromatic N) is 2. The van der Waals surface area contributed by atoms with Gasteiger partial charge in [0.15, 0.2) is 0 Å². The lowest BCUT2D eigenvalue weighted by Crippen LogP contribution is -2.45. The van der Waals surface area contributed by atoms with E-state index in [1.54, 1.807) is 0 Å². The van der Waals surface area contributed by atoms with Crippen LogP contribution in [0.1, 0.15) is 52.4 Å². The monoisotopic (exact) mass is 292 g/mol. The number of carbonyl (C=O) groups excluding carboxylic acids is 2. The minimum atomic E-state index is 0.127. The third kappa shape index (κ3) is 4.08. The second-order valence-electron chi connectivity index (χ2n) is 6.25. The zero-order valence-corrected chi connectivity index (χ0v) is 13.4. The van der Waals surface area contributed by atoms with Gasteiger partial charge in [0.25, 0.3) is 0 Å². The van der Waals surface area contributed by atoms with Crippen molar-refractivity contribution in [1.29, 1.82) is 0 Å². The van der Waals surface area contributed by atoms with Crippen molar-refractivity contribution in [1.82, 2.24) is 9.80 Å². The van der Waals surface area contributed by atoms with Crippen molar-refractivity contribution in [2.45, 2.75) is 52.4 Å². The molecule has 0 unspecified atom stereocenters. The molecule has 0 bridgehead atoms. The van der Waals surface area contributed by atoms with Gasteiger partial charge in [-0.05, 0) is 45.4 Å². The van der Waals surface area contributed by atoms with Crippen molar-refractivity contribution in [3.63, 3.8) is 0 Å². The molecule has 2 rings (SSSR count). The highest BCUT2D eigenvalue weighted by atomic mass is 16.2. The molecule has 21 heavy (non-hydrogen) atoms. The number of amides is 2. The standard InChI is InChI=1S/C17H28N2O2/c1-3-7-14(2)16(20)19-12-8-15(9-13-19)17(21)18-10-5-4-6-11-18/h7,15H,3-6,8-13H2,1-2H3/b14-7-. The van der Waals surface area contributed by atoms with E-state index in [9.17, 15) is 9.59 Å². The van der Waals surface area contributed by atoms with Crippen molar-refractivity contribution in [3.05, 3.63) is 11.6 Å². The van der Waals surface area contributed by atoms with Crippen LogP contribution in [-0.4, -0.2) is 47.8 Å². The molecule has 0 saturated carbocycles. The normalized spacial score (nSPS) is 21.5. The fourth-order valence-corrected chi connectivity index (χ4v) is 3.34. The summed E-state index contributed by atoms with van der Waals surface area (Å²) in [6.07, 6.45) is 8.05. The summed E-state index contributed by atoms with van der Waals surface area (Å²) in [4.78, 5) is 28.6. The van der Waals surface area contributed by atoms with Crippen LogP contribution in [0.2, 0.25) is 0 Å². The van der Waals surface area contributed by atoms with Gasteiger partial charge >= 0.3 is 0 Å². The van der Waals surface area contributed by atoms with Gasteiger partial charge in [-0.25, -0.2) is 0 Å². The molecule has 2 heterocycles. The smallest absolute Gasteiger partial charge is 0.249 e. The van der Waals surface area contributed by atoms with Gasteiger partial charge in [0.2, 0.25) is 11.8 Å². The van der Waals surface area contributed by atoms with E-state index in [0.717, 1.165) is 63.9 Å². The molecule has 0 N–H and O–H groups in total. The van der Waals surface area contributed by atoms with Crippen LogP contribution < -0.4 is 0 Å². The van der Waals surface area contributed by atoms with Crippen molar-refractivity contribution in [2.24, 2.45) is 5.92 Å². The zero-order valence-electron chi connectivity index (χ0n) is 13.4. The summed E-state index contributed by atoms with van der Waals surface area (Å²) in [6.45, 7) is 7.22. The number of hydrogen-bond donors (Lipinski definition) is 0. The van der Waals surface area contributed by atoms with Crippen molar-refractivity contribution >= 4 is 11.8 Å². The number of likely N-dealkylation sites (tertiary alicyclic amines) is 2. The molecule has 2 aliphatic rings. The minimum absolute atomic E-state index is 0.127. The first kappa shape index (κ1) is 16.1. The lowest BCUT2D eigenvalue weighted by molar-refractivity contribution is -0.140. The Morgan fingerprint density at radius 3 is 2.19 bits per heavy atom. The van der Waals surface area contributed by atoms with Crippen LogP contribution >= 0.6 is 0 Å². The van der Waals surface area contributed by atoms with E-state index in [-0.39, 0.29) is 11.8 Å².